The monoisotopic (exact) mass is 364 g/mol. The topological polar surface area (TPSA) is 96.6 Å². The maximum Gasteiger partial charge on any atom is 0.414 e. The van der Waals surface area contributed by atoms with Crippen molar-refractivity contribution in [2.45, 2.75) is 12.2 Å². The van der Waals surface area contributed by atoms with Gasteiger partial charge in [0.05, 0.1) is 5.69 Å². The first-order chi connectivity index (χ1) is 12.3. The Balaban J connectivity index is 2.00. The fraction of sp³-hybridized carbons (Fsp3) is 0.125. The molecule has 134 valence electrons. The zero-order valence-electron chi connectivity index (χ0n) is 12.9. The number of pyridine rings is 2. The second-order valence-corrected chi connectivity index (χ2v) is 5.27. The molecule has 26 heavy (non-hydrogen) atoms. The van der Waals surface area contributed by atoms with Crippen LogP contribution >= 0.6 is 0 Å². The molecule has 0 spiro atoms. The summed E-state index contributed by atoms with van der Waals surface area (Å²) in [5, 5.41) is 11.4. The number of fused-ring (bicyclic) bond motifs is 1. The number of aromatic hydroxyl groups is 1. The minimum absolute atomic E-state index is 0.119. The quantitative estimate of drug-likeness (QED) is 0.739. The van der Waals surface area contributed by atoms with Crippen LogP contribution in [-0.4, -0.2) is 31.6 Å². The molecule has 0 aliphatic carbocycles. The van der Waals surface area contributed by atoms with Crippen LogP contribution in [0, 0.1) is 0 Å². The molecule has 0 aromatic carbocycles. The summed E-state index contributed by atoms with van der Waals surface area (Å²) < 4.78 is 40.8. The van der Waals surface area contributed by atoms with Crippen LogP contribution in [0.4, 0.5) is 13.2 Å². The van der Waals surface area contributed by atoms with E-state index in [4.69, 9.17) is 0 Å². The Morgan fingerprint density at radius 1 is 1.19 bits per heavy atom. The van der Waals surface area contributed by atoms with Gasteiger partial charge in [-0.1, -0.05) is 6.07 Å². The van der Waals surface area contributed by atoms with Gasteiger partial charge in [0.2, 0.25) is 0 Å². The fourth-order valence-corrected chi connectivity index (χ4v) is 2.33. The van der Waals surface area contributed by atoms with Gasteiger partial charge in [-0.2, -0.15) is 13.2 Å². The van der Waals surface area contributed by atoms with Crippen LogP contribution in [0.3, 0.4) is 0 Å². The predicted molar refractivity (Wildman–Crippen MR) is 83.6 cm³/mol. The molecule has 10 heteroatoms. The summed E-state index contributed by atoms with van der Waals surface area (Å²) >= 11 is 0. The molecular weight excluding hydrogens is 353 g/mol. The van der Waals surface area contributed by atoms with Crippen molar-refractivity contribution in [1.82, 2.24) is 19.7 Å². The van der Waals surface area contributed by atoms with E-state index in [0.29, 0.717) is 0 Å². The lowest BCUT2D eigenvalue weighted by molar-refractivity contribution is -0.156. The van der Waals surface area contributed by atoms with Crippen LogP contribution in [0.15, 0.2) is 53.7 Å². The van der Waals surface area contributed by atoms with E-state index in [9.17, 15) is 27.9 Å². The van der Waals surface area contributed by atoms with Crippen LogP contribution in [0.1, 0.15) is 22.1 Å². The van der Waals surface area contributed by atoms with Crippen molar-refractivity contribution in [2.24, 2.45) is 0 Å². The molecule has 0 unspecified atom stereocenters. The molecule has 0 aliphatic heterocycles. The molecule has 0 bridgehead atoms. The highest BCUT2D eigenvalue weighted by Crippen LogP contribution is 2.31. The van der Waals surface area contributed by atoms with Gasteiger partial charge in [-0.15, -0.1) is 0 Å². The first-order valence-electron chi connectivity index (χ1n) is 7.27. The molecule has 1 atom stereocenters. The van der Waals surface area contributed by atoms with Crippen LogP contribution in [0.2, 0.25) is 0 Å². The Morgan fingerprint density at radius 2 is 1.96 bits per heavy atom. The van der Waals surface area contributed by atoms with E-state index < -0.39 is 34.9 Å². The largest absolute Gasteiger partial charge is 0.504 e. The summed E-state index contributed by atoms with van der Waals surface area (Å²) in [6, 6.07) is 4.12. The normalized spacial score (nSPS) is 12.7. The smallest absolute Gasteiger partial charge is 0.414 e. The van der Waals surface area contributed by atoms with Crippen molar-refractivity contribution in [1.29, 1.82) is 0 Å². The van der Waals surface area contributed by atoms with E-state index in [0.717, 1.165) is 22.9 Å². The number of nitrogens with one attached hydrogen (secondary N) is 1. The summed E-state index contributed by atoms with van der Waals surface area (Å²) in [4.78, 5) is 32.0. The molecule has 3 heterocycles. The summed E-state index contributed by atoms with van der Waals surface area (Å²) in [6.07, 6.45) is -1.60. The van der Waals surface area contributed by atoms with Crippen molar-refractivity contribution in [3.05, 3.63) is 70.5 Å². The molecule has 3 aromatic rings. The molecule has 0 aliphatic rings. The summed E-state index contributed by atoms with van der Waals surface area (Å²) in [7, 11) is 0. The third kappa shape index (κ3) is 3.21. The lowest BCUT2D eigenvalue weighted by Gasteiger charge is -2.21. The summed E-state index contributed by atoms with van der Waals surface area (Å²) in [5.74, 6) is -1.56. The van der Waals surface area contributed by atoms with E-state index in [1.165, 1.54) is 30.5 Å². The third-order valence-electron chi connectivity index (χ3n) is 3.54. The van der Waals surface area contributed by atoms with Crippen molar-refractivity contribution >= 4 is 11.6 Å². The maximum absolute atomic E-state index is 13.3. The van der Waals surface area contributed by atoms with E-state index in [-0.39, 0.29) is 11.4 Å². The number of alkyl halides is 3. The van der Waals surface area contributed by atoms with Gasteiger partial charge in [0.25, 0.3) is 11.5 Å². The van der Waals surface area contributed by atoms with E-state index in [1.54, 1.807) is 5.32 Å². The highest BCUT2D eigenvalue weighted by atomic mass is 19.4. The fourth-order valence-electron chi connectivity index (χ4n) is 2.33. The van der Waals surface area contributed by atoms with Gasteiger partial charge in [0.15, 0.2) is 17.4 Å². The minimum Gasteiger partial charge on any atom is -0.504 e. The first kappa shape index (κ1) is 17.4. The number of hydrogen-bond donors (Lipinski definition) is 2. The molecule has 0 saturated heterocycles. The molecule has 3 rings (SSSR count). The molecule has 3 aromatic heterocycles. The van der Waals surface area contributed by atoms with E-state index in [2.05, 4.69) is 9.97 Å². The number of carbonyl (C=O) groups excluding carboxylic acids is 1. The van der Waals surface area contributed by atoms with Crippen molar-refractivity contribution < 1.29 is 23.1 Å². The van der Waals surface area contributed by atoms with Crippen molar-refractivity contribution in [3.8, 4) is 5.75 Å². The molecular formula is C16H11F3N4O3. The standard InChI is InChI=1S/C16H11F3N4O3/c17-16(18,19)12(10-4-1-2-6-20-10)22-14(25)9-8-21-13-11(24)5-3-7-23(13)15(9)26/h1-8,12,24H,(H,22,25)/t12-/m0/s1. The highest BCUT2D eigenvalue weighted by Gasteiger charge is 2.43. The average molecular weight is 364 g/mol. The number of aromatic nitrogens is 3. The van der Waals surface area contributed by atoms with Gasteiger partial charge in [-0.25, -0.2) is 4.98 Å². The number of rotatable bonds is 3. The summed E-state index contributed by atoms with van der Waals surface area (Å²) in [6.45, 7) is 0. The van der Waals surface area contributed by atoms with Gasteiger partial charge in [-0.05, 0) is 24.3 Å². The first-order valence-corrected chi connectivity index (χ1v) is 7.27. The SMILES string of the molecule is O=C(N[C@@H](c1ccccn1)C(F)(F)F)c1cnc2c(O)cccn2c1=O. The summed E-state index contributed by atoms with van der Waals surface area (Å²) in [5.41, 5.74) is -2.05. The van der Waals surface area contributed by atoms with Crippen molar-refractivity contribution in [3.63, 3.8) is 0 Å². The Morgan fingerprint density at radius 3 is 2.62 bits per heavy atom. The number of nitrogens with zero attached hydrogens (tertiary/aromatic N) is 3. The second kappa shape index (κ2) is 6.47. The third-order valence-corrected chi connectivity index (χ3v) is 3.54. The van der Waals surface area contributed by atoms with Gasteiger partial charge < -0.3 is 10.4 Å². The molecule has 0 saturated carbocycles. The second-order valence-electron chi connectivity index (χ2n) is 5.27. The Bertz CT molecular complexity index is 1020. The number of carbonyl (C=O) groups is 1. The molecule has 1 amide bonds. The molecule has 2 N–H and O–H groups in total. The van der Waals surface area contributed by atoms with Crippen molar-refractivity contribution in [2.75, 3.05) is 0 Å². The zero-order chi connectivity index (χ0) is 18.9. The number of amides is 1. The van der Waals surface area contributed by atoms with E-state index >= 15 is 0 Å². The Kier molecular flexibility index (Phi) is 4.33. The van der Waals surface area contributed by atoms with Gasteiger partial charge in [0, 0.05) is 18.6 Å². The lowest BCUT2D eigenvalue weighted by atomic mass is 10.1. The van der Waals surface area contributed by atoms with Crippen LogP contribution in [0.25, 0.3) is 5.65 Å². The van der Waals surface area contributed by atoms with Gasteiger partial charge in [0.1, 0.15) is 5.56 Å². The molecule has 0 radical (unpaired) electrons. The predicted octanol–water partition coefficient (Wildman–Crippen LogP) is 1.83. The van der Waals surface area contributed by atoms with Crippen LogP contribution < -0.4 is 10.9 Å². The lowest BCUT2D eigenvalue weighted by Crippen LogP contribution is -2.41. The highest BCUT2D eigenvalue weighted by molar-refractivity contribution is 5.94. The van der Waals surface area contributed by atoms with Crippen LogP contribution in [0.5, 0.6) is 5.75 Å². The average Bonchev–Trinajstić information content (AvgIpc) is 2.60. The van der Waals surface area contributed by atoms with Gasteiger partial charge >= 0.3 is 6.18 Å². The molecule has 7 nitrogen and oxygen atoms in total. The minimum atomic E-state index is -4.82. The number of hydrogen-bond acceptors (Lipinski definition) is 5. The maximum atomic E-state index is 13.3. The Labute approximate surface area is 143 Å². The van der Waals surface area contributed by atoms with Crippen LogP contribution in [-0.2, 0) is 0 Å². The van der Waals surface area contributed by atoms with E-state index in [1.807, 2.05) is 0 Å². The molecule has 0 fully saturated rings. The number of halogens is 3. The Hall–Kier alpha value is -3.43. The zero-order valence-corrected chi connectivity index (χ0v) is 12.9. The van der Waals surface area contributed by atoms with Gasteiger partial charge in [-0.3, -0.25) is 19.0 Å².